The summed E-state index contributed by atoms with van der Waals surface area (Å²) in [5.74, 6) is 0. The van der Waals surface area contributed by atoms with Crippen molar-refractivity contribution in [1.29, 1.82) is 0 Å². The Bertz CT molecular complexity index is 395. The van der Waals surface area contributed by atoms with Gasteiger partial charge in [-0.15, -0.1) is 0 Å². The monoisotopic (exact) mass is 245 g/mol. The highest BCUT2D eigenvalue weighted by molar-refractivity contribution is 6.42. The molecule has 0 bridgehead atoms. The number of benzene rings is 1. The molecule has 1 amide bonds. The van der Waals surface area contributed by atoms with Crippen molar-refractivity contribution in [2.75, 3.05) is 6.61 Å². The Morgan fingerprint density at radius 1 is 1.40 bits per heavy atom. The lowest BCUT2D eigenvalue weighted by atomic mass is 10.0. The van der Waals surface area contributed by atoms with Crippen LogP contribution in [-0.4, -0.2) is 12.7 Å². The molecule has 15 heavy (non-hydrogen) atoms. The van der Waals surface area contributed by atoms with Crippen LogP contribution in [0.5, 0.6) is 0 Å². The van der Waals surface area contributed by atoms with Gasteiger partial charge in [-0.2, -0.15) is 0 Å². The summed E-state index contributed by atoms with van der Waals surface area (Å²) in [6, 6.07) is 5.27. The van der Waals surface area contributed by atoms with Gasteiger partial charge in [-0.25, -0.2) is 4.79 Å². The third kappa shape index (κ3) is 2.19. The van der Waals surface area contributed by atoms with Gasteiger partial charge < -0.3 is 10.1 Å². The molecule has 0 unspecified atom stereocenters. The van der Waals surface area contributed by atoms with Crippen molar-refractivity contribution in [3.63, 3.8) is 0 Å². The number of amides is 1. The molecule has 1 aliphatic heterocycles. The molecule has 1 aromatic rings. The Kier molecular flexibility index (Phi) is 3.03. The summed E-state index contributed by atoms with van der Waals surface area (Å²) in [6.45, 7) is 0.402. The number of alkyl carbamates (subject to hydrolysis) is 1. The lowest BCUT2D eigenvalue weighted by molar-refractivity contribution is 0.115. The van der Waals surface area contributed by atoms with Gasteiger partial charge in [0.05, 0.1) is 22.7 Å². The third-order valence-electron chi connectivity index (χ3n) is 2.29. The van der Waals surface area contributed by atoms with Crippen molar-refractivity contribution in [2.45, 2.75) is 12.5 Å². The average molecular weight is 246 g/mol. The summed E-state index contributed by atoms with van der Waals surface area (Å²) >= 11 is 11.9. The van der Waals surface area contributed by atoms with E-state index in [-0.39, 0.29) is 6.04 Å². The second kappa shape index (κ2) is 4.29. The molecular weight excluding hydrogens is 237 g/mol. The molecule has 1 saturated heterocycles. The van der Waals surface area contributed by atoms with E-state index in [0.29, 0.717) is 23.1 Å². The number of nitrogens with one attached hydrogen (secondary N) is 1. The quantitative estimate of drug-likeness (QED) is 0.826. The van der Waals surface area contributed by atoms with E-state index in [9.17, 15) is 4.79 Å². The summed E-state index contributed by atoms with van der Waals surface area (Å²) in [7, 11) is 0. The molecular formula is C10H9Cl2NO2. The number of carbonyl (C=O) groups is 1. The van der Waals surface area contributed by atoms with E-state index in [2.05, 4.69) is 5.32 Å². The molecule has 1 N–H and O–H groups in total. The molecule has 3 nitrogen and oxygen atoms in total. The summed E-state index contributed by atoms with van der Waals surface area (Å²) in [4.78, 5) is 11.0. The molecule has 80 valence electrons. The summed E-state index contributed by atoms with van der Waals surface area (Å²) in [5, 5.41) is 3.68. The zero-order valence-corrected chi connectivity index (χ0v) is 9.31. The largest absolute Gasteiger partial charge is 0.449 e. The molecule has 0 saturated carbocycles. The van der Waals surface area contributed by atoms with E-state index in [1.165, 1.54) is 0 Å². The first-order valence-electron chi connectivity index (χ1n) is 4.55. The highest BCUT2D eigenvalue weighted by Crippen LogP contribution is 2.32. The molecule has 0 radical (unpaired) electrons. The molecule has 2 rings (SSSR count). The summed E-state index contributed by atoms with van der Waals surface area (Å²) < 4.78 is 4.77. The van der Waals surface area contributed by atoms with Crippen LogP contribution in [0, 0.1) is 0 Å². The fourth-order valence-corrected chi connectivity index (χ4v) is 1.99. The first kappa shape index (κ1) is 10.6. The van der Waals surface area contributed by atoms with Crippen LogP contribution in [-0.2, 0) is 4.74 Å². The van der Waals surface area contributed by atoms with Gasteiger partial charge in [0.2, 0.25) is 0 Å². The fraction of sp³-hybridized carbons (Fsp3) is 0.300. The van der Waals surface area contributed by atoms with Crippen LogP contribution in [0.25, 0.3) is 0 Å². The number of carbonyl (C=O) groups excluding carboxylic acids is 1. The van der Waals surface area contributed by atoms with E-state index in [1.54, 1.807) is 6.07 Å². The smallest absolute Gasteiger partial charge is 0.407 e. The van der Waals surface area contributed by atoms with Crippen LogP contribution in [0.1, 0.15) is 18.0 Å². The van der Waals surface area contributed by atoms with E-state index >= 15 is 0 Å². The maximum Gasteiger partial charge on any atom is 0.407 e. The van der Waals surface area contributed by atoms with Gasteiger partial charge >= 0.3 is 6.09 Å². The van der Waals surface area contributed by atoms with Crippen molar-refractivity contribution in [3.05, 3.63) is 33.8 Å². The number of hydrogen-bond donors (Lipinski definition) is 1. The minimum absolute atomic E-state index is 0.113. The summed E-state index contributed by atoms with van der Waals surface area (Å²) in [5.41, 5.74) is 0.834. The Labute approximate surface area is 97.3 Å². The normalized spacial score (nSPS) is 20.7. The number of cyclic esters (lactones) is 1. The SMILES string of the molecule is O=C1N[C@H](c2cccc(Cl)c2Cl)CCO1. The van der Waals surface area contributed by atoms with Crippen molar-refractivity contribution < 1.29 is 9.53 Å². The number of hydrogen-bond acceptors (Lipinski definition) is 2. The van der Waals surface area contributed by atoms with E-state index < -0.39 is 6.09 Å². The zero-order chi connectivity index (χ0) is 10.8. The maximum absolute atomic E-state index is 11.0. The van der Waals surface area contributed by atoms with Crippen molar-refractivity contribution in [2.24, 2.45) is 0 Å². The number of halogens is 2. The van der Waals surface area contributed by atoms with Gasteiger partial charge in [-0.1, -0.05) is 35.3 Å². The van der Waals surface area contributed by atoms with Crippen LogP contribution >= 0.6 is 23.2 Å². The Hall–Kier alpha value is -0.930. The lowest BCUT2D eigenvalue weighted by Gasteiger charge is -2.24. The highest BCUT2D eigenvalue weighted by Gasteiger charge is 2.23. The second-order valence-electron chi connectivity index (χ2n) is 3.26. The second-order valence-corrected chi connectivity index (χ2v) is 4.05. The molecule has 1 aromatic carbocycles. The van der Waals surface area contributed by atoms with Crippen LogP contribution in [0.3, 0.4) is 0 Å². The molecule has 0 aliphatic carbocycles. The predicted octanol–water partition coefficient (Wildman–Crippen LogP) is 3.16. The number of rotatable bonds is 1. The van der Waals surface area contributed by atoms with Crippen LogP contribution in [0.4, 0.5) is 4.79 Å². The van der Waals surface area contributed by atoms with Gasteiger partial charge in [0.1, 0.15) is 0 Å². The van der Waals surface area contributed by atoms with E-state index in [0.717, 1.165) is 5.56 Å². The zero-order valence-electron chi connectivity index (χ0n) is 7.80. The van der Waals surface area contributed by atoms with Crippen molar-refractivity contribution >= 4 is 29.3 Å². The standard InChI is InChI=1S/C10H9Cl2NO2/c11-7-3-1-2-6(9(7)12)8-4-5-15-10(14)13-8/h1-3,8H,4-5H2,(H,13,14)/t8-/m0/s1. The first-order valence-corrected chi connectivity index (χ1v) is 5.31. The molecule has 1 aliphatic rings. The van der Waals surface area contributed by atoms with Crippen molar-refractivity contribution in [1.82, 2.24) is 5.32 Å². The van der Waals surface area contributed by atoms with Gasteiger partial charge in [0, 0.05) is 6.42 Å². The maximum atomic E-state index is 11.0. The average Bonchev–Trinajstić information content (AvgIpc) is 2.22. The van der Waals surface area contributed by atoms with Crippen LogP contribution in [0.2, 0.25) is 10.0 Å². The molecule has 5 heteroatoms. The topological polar surface area (TPSA) is 38.3 Å². The number of ether oxygens (including phenoxy) is 1. The highest BCUT2D eigenvalue weighted by atomic mass is 35.5. The minimum Gasteiger partial charge on any atom is -0.449 e. The third-order valence-corrected chi connectivity index (χ3v) is 3.12. The fourth-order valence-electron chi connectivity index (χ4n) is 1.55. The molecule has 1 heterocycles. The van der Waals surface area contributed by atoms with E-state index in [1.807, 2.05) is 12.1 Å². The Morgan fingerprint density at radius 2 is 2.20 bits per heavy atom. The molecule has 1 fully saturated rings. The van der Waals surface area contributed by atoms with Crippen LogP contribution < -0.4 is 5.32 Å². The summed E-state index contributed by atoms with van der Waals surface area (Å²) in [6.07, 6.45) is 0.286. The molecule has 0 spiro atoms. The lowest BCUT2D eigenvalue weighted by Crippen LogP contribution is -2.35. The minimum atomic E-state index is -0.415. The van der Waals surface area contributed by atoms with Crippen LogP contribution in [0.15, 0.2) is 18.2 Å². The molecule has 1 atom stereocenters. The van der Waals surface area contributed by atoms with E-state index in [4.69, 9.17) is 27.9 Å². The van der Waals surface area contributed by atoms with Gasteiger partial charge in [0.15, 0.2) is 0 Å². The van der Waals surface area contributed by atoms with Crippen molar-refractivity contribution in [3.8, 4) is 0 Å². The Morgan fingerprint density at radius 3 is 2.93 bits per heavy atom. The van der Waals surface area contributed by atoms with Gasteiger partial charge in [-0.05, 0) is 11.6 Å². The van der Waals surface area contributed by atoms with Gasteiger partial charge in [-0.3, -0.25) is 0 Å². The predicted molar refractivity (Wildman–Crippen MR) is 58.3 cm³/mol. The first-order chi connectivity index (χ1) is 7.18. The van der Waals surface area contributed by atoms with Gasteiger partial charge in [0.25, 0.3) is 0 Å². The Balaban J connectivity index is 2.28. The molecule has 0 aromatic heterocycles.